The van der Waals surface area contributed by atoms with Crippen LogP contribution in [0, 0.1) is 34.3 Å². The van der Waals surface area contributed by atoms with Gasteiger partial charge in [-0.25, -0.2) is 47.4 Å². The molecule has 5 heterocycles. The van der Waals surface area contributed by atoms with Gasteiger partial charge in [0.2, 0.25) is 17.8 Å². The molecule has 0 aliphatic carbocycles. The maximum atomic E-state index is 17.0. The summed E-state index contributed by atoms with van der Waals surface area (Å²) in [5, 5.41) is 12.6. The van der Waals surface area contributed by atoms with E-state index >= 15 is 44.7 Å². The van der Waals surface area contributed by atoms with E-state index in [1.54, 1.807) is 26.1 Å². The Bertz CT molecular complexity index is 4560. The molecule has 652 valence electrons. The van der Waals surface area contributed by atoms with E-state index in [-0.39, 0.29) is 33.4 Å². The third-order valence-corrected chi connectivity index (χ3v) is 20.4. The Morgan fingerprint density at radius 1 is 0.697 bits per heavy atom. The first-order chi connectivity index (χ1) is 55.2. The van der Waals surface area contributed by atoms with Gasteiger partial charge in [0.25, 0.3) is 5.91 Å². The summed E-state index contributed by atoms with van der Waals surface area (Å²) < 4.78 is 203. The molecule has 3 saturated heterocycles. The largest absolute Gasteiger partial charge is 0.524 e. The van der Waals surface area contributed by atoms with Crippen molar-refractivity contribution in [1.82, 2.24) is 56.4 Å². The van der Waals surface area contributed by atoms with Gasteiger partial charge in [0.1, 0.15) is 52.8 Å². The van der Waals surface area contributed by atoms with E-state index < -0.39 is 205 Å². The SMILES string of the molecule is COC(=O)N[C@H](C(=O)N[C@@H](Cc1ccc(C#Cc2cnc(N3CC4CCC(C3)N4C3COC3)nc2)cc1)[C@H](CN(Cc1c(F)cc(-c2ccn(C(F)F)n2)cc1F)NC(=O)[C@@H](NC(=O)OC)C(C)(C)C(F)(F)F)OC(=O)CC(C)(C)c1c(CC(=O)N[C@@H](CCC(=O)OC(C)(C)C)C(=O)OC(C)(C)C)cccc1OP(=O)(O)O)C(C)(C)C(F)(F)F. The highest BCUT2D eigenvalue weighted by atomic mass is 31.2. The van der Waals surface area contributed by atoms with E-state index in [2.05, 4.69) is 62.2 Å². The summed E-state index contributed by atoms with van der Waals surface area (Å²) in [6.07, 6.45) is -14.1. The number of methoxy groups -OCH3 is 2. The number of phosphoric ester groups is 1. The average molecular weight is 1710 g/mol. The van der Waals surface area contributed by atoms with Crippen LogP contribution in [0.5, 0.6) is 5.75 Å². The quantitative estimate of drug-likeness (QED) is 0.00525. The predicted octanol–water partition coefficient (Wildman–Crippen LogP) is 9.89. The summed E-state index contributed by atoms with van der Waals surface area (Å²) in [5.41, 5.74) is -10.5. The number of ether oxygens (including phenoxy) is 6. The monoisotopic (exact) mass is 1710 g/mol. The van der Waals surface area contributed by atoms with E-state index in [0.29, 0.717) is 101 Å². The van der Waals surface area contributed by atoms with Crippen LogP contribution < -0.4 is 36.1 Å². The van der Waals surface area contributed by atoms with Gasteiger partial charge in [-0.1, -0.05) is 50.0 Å². The summed E-state index contributed by atoms with van der Waals surface area (Å²) in [6.45, 7) is 10.5. The van der Waals surface area contributed by atoms with E-state index in [1.165, 1.54) is 83.4 Å². The molecule has 0 saturated carbocycles. The number of hydrazine groups is 1. The van der Waals surface area contributed by atoms with E-state index in [4.69, 9.17) is 23.5 Å². The van der Waals surface area contributed by atoms with Crippen LogP contribution in [0.1, 0.15) is 155 Å². The van der Waals surface area contributed by atoms with Crippen molar-refractivity contribution in [1.29, 1.82) is 0 Å². The zero-order valence-electron chi connectivity index (χ0n) is 67.7. The maximum absolute atomic E-state index is 17.0. The molecule has 3 aliphatic rings. The molecule has 8 rings (SSSR count). The number of hydrogen-bond donors (Lipinski definition) is 7. The number of aromatic nitrogens is 4. The van der Waals surface area contributed by atoms with Crippen LogP contribution in [-0.2, 0) is 86.6 Å². The Hall–Kier alpha value is -10.2. The lowest BCUT2D eigenvalue weighted by Crippen LogP contribution is -2.64. The number of alkyl halides is 8. The number of amides is 5. The summed E-state index contributed by atoms with van der Waals surface area (Å²) in [4.78, 5) is 147. The number of alkyl carbamates (subject to hydrolysis) is 2. The van der Waals surface area contributed by atoms with Crippen LogP contribution >= 0.6 is 7.82 Å². The molecule has 7 atom stereocenters. The van der Waals surface area contributed by atoms with Gasteiger partial charge in [-0.15, -0.1) is 0 Å². The van der Waals surface area contributed by atoms with Crippen molar-refractivity contribution in [3.05, 3.63) is 124 Å². The molecule has 41 heteroatoms. The van der Waals surface area contributed by atoms with E-state index in [9.17, 15) is 51.9 Å². The molecule has 30 nitrogen and oxygen atoms in total. The third kappa shape index (κ3) is 25.4. The Kier molecular flexibility index (Phi) is 30.1. The standard InChI is InChI=1S/C78H97F10N12O18P/c1-72(2,3)116-60(102)27-26-55(67(106)117-73(4,5)6)91-59(101)33-46-16-15-17-57(118-119(109,110)111)62(46)74(7,8)34-61(103)115-58(40-98(96-66(105)64(94-71(108)113-14)76(11,12)78(86,87)88)39-51-52(79)31-47(32-53(51)80)54-28-29-99(95-54)68(81)82)56(92-65(104)63(93-70(107)112-13)75(9,10)77(83,84)85)30-44-21-18-43(19-22-44)20-23-45-35-89-69(90-36-45)97-37-48-24-25-49(38-97)100(48)50-41-114-42-50/h15-19,21-22,28-29,31-32,35-36,48-50,55-56,58,63-64,68H,24-27,30,33-34,37-42H2,1-14H3,(H,91,101)(H,92,104)(H,93,107)(H,94,108)(H,96,105)(H2,109,110,111)/t48?,49?,55-,56-,58-,63+,64+/m0/s1. The summed E-state index contributed by atoms with van der Waals surface area (Å²) in [6, 6.07) is 2.95. The van der Waals surface area contributed by atoms with Gasteiger partial charge in [0.15, 0.2) is 0 Å². The molecule has 119 heavy (non-hydrogen) atoms. The number of benzene rings is 3. The van der Waals surface area contributed by atoms with Crippen molar-refractivity contribution < 1.29 is 130 Å². The topological polar surface area (TPSA) is 372 Å². The summed E-state index contributed by atoms with van der Waals surface area (Å²) in [5.74, 6) is -5.33. The molecule has 2 unspecified atom stereocenters. The van der Waals surface area contributed by atoms with Crippen molar-refractivity contribution in [3.63, 3.8) is 0 Å². The lowest BCUT2D eigenvalue weighted by atomic mass is 9.77. The number of rotatable bonds is 32. The molecule has 5 amide bonds. The van der Waals surface area contributed by atoms with Crippen molar-refractivity contribution >= 4 is 61.6 Å². The number of nitrogens with zero attached hydrogens (tertiary/aromatic N) is 7. The molecule has 2 bridgehead atoms. The second-order valence-electron chi connectivity index (χ2n) is 32.7. The smallest absolute Gasteiger partial charge is 0.460 e. The first-order valence-corrected chi connectivity index (χ1v) is 39.0. The average Bonchev–Trinajstić information content (AvgIpc) is 1.75. The number of carbonyl (C=O) groups is 8. The number of carbonyl (C=O) groups excluding carboxylic acids is 8. The van der Waals surface area contributed by atoms with Gasteiger partial charge < -0.3 is 59.1 Å². The molecular formula is C78H97F10N12O18P. The number of halogens is 10. The second kappa shape index (κ2) is 38.0. The molecule has 0 radical (unpaired) electrons. The highest BCUT2D eigenvalue weighted by Gasteiger charge is 2.58. The van der Waals surface area contributed by atoms with Crippen LogP contribution in [0.4, 0.5) is 59.4 Å². The lowest BCUT2D eigenvalue weighted by molar-refractivity contribution is -0.221. The van der Waals surface area contributed by atoms with Crippen LogP contribution in [0.2, 0.25) is 0 Å². The number of fused-ring (bicyclic) bond motifs is 2. The van der Waals surface area contributed by atoms with Crippen LogP contribution in [0.15, 0.2) is 79.3 Å². The minimum Gasteiger partial charge on any atom is -0.460 e. The van der Waals surface area contributed by atoms with Gasteiger partial charge in [0.05, 0.1) is 81.0 Å². The minimum absolute atomic E-state index is 0.0679. The fraction of sp³-hybridized carbons (Fsp3) is 0.551. The molecule has 3 aromatic carbocycles. The van der Waals surface area contributed by atoms with Crippen molar-refractivity contribution in [3.8, 4) is 28.8 Å². The normalized spacial score (nSPS) is 17.0. The third-order valence-electron chi connectivity index (χ3n) is 19.9. The summed E-state index contributed by atoms with van der Waals surface area (Å²) >= 11 is 0. The minimum atomic E-state index is -5.64. The van der Waals surface area contributed by atoms with Gasteiger partial charge in [0, 0.05) is 84.4 Å². The zero-order chi connectivity index (χ0) is 88.5. The molecule has 3 aliphatic heterocycles. The fourth-order valence-corrected chi connectivity index (χ4v) is 14.1. The van der Waals surface area contributed by atoms with Gasteiger partial charge in [-0.2, -0.15) is 40.2 Å². The number of hydrogen-bond acceptors (Lipinski definition) is 22. The van der Waals surface area contributed by atoms with Crippen LogP contribution in [0.25, 0.3) is 11.3 Å². The first kappa shape index (κ1) is 94.3. The number of piperazine rings is 1. The van der Waals surface area contributed by atoms with Gasteiger partial charge >= 0.3 is 56.8 Å². The molecule has 2 aromatic heterocycles. The van der Waals surface area contributed by atoms with E-state index in [1.807, 2.05) is 5.32 Å². The number of anilines is 1. The van der Waals surface area contributed by atoms with Gasteiger partial charge in [-0.3, -0.25) is 44.1 Å². The van der Waals surface area contributed by atoms with Crippen LogP contribution in [-0.4, -0.2) is 206 Å². The molecular weight excluding hydrogens is 1610 g/mol. The maximum Gasteiger partial charge on any atom is 0.524 e. The molecule has 3 fully saturated rings. The molecule has 5 aromatic rings. The zero-order valence-corrected chi connectivity index (χ0v) is 68.6. The van der Waals surface area contributed by atoms with Crippen molar-refractivity contribution in [2.24, 2.45) is 10.8 Å². The van der Waals surface area contributed by atoms with Crippen LogP contribution in [0.3, 0.4) is 0 Å². The number of nitrogens with one attached hydrogen (secondary N) is 5. The fourth-order valence-electron chi connectivity index (χ4n) is 13.7. The second-order valence-corrected chi connectivity index (χ2v) is 33.9. The Balaban J connectivity index is 1.27. The predicted molar refractivity (Wildman–Crippen MR) is 404 cm³/mol. The molecule has 0 spiro atoms. The van der Waals surface area contributed by atoms with Gasteiger partial charge in [-0.05, 0) is 142 Å². The van der Waals surface area contributed by atoms with Crippen molar-refractivity contribution in [2.75, 3.05) is 52.0 Å². The summed E-state index contributed by atoms with van der Waals surface area (Å²) in [7, 11) is -4.18. The number of esters is 3. The Labute approximate surface area is 679 Å². The first-order valence-electron chi connectivity index (χ1n) is 37.5. The lowest BCUT2D eigenvalue weighted by Gasteiger charge is -2.47. The highest BCUT2D eigenvalue weighted by Crippen LogP contribution is 2.47. The highest BCUT2D eigenvalue weighted by molar-refractivity contribution is 7.46. The van der Waals surface area contributed by atoms with Crippen molar-refractivity contribution in [2.45, 2.75) is 218 Å². The Morgan fingerprint density at radius 3 is 1.76 bits per heavy atom. The number of phosphoric acid groups is 1. The molecule has 7 N–H and O–H groups in total. The van der Waals surface area contributed by atoms with E-state index in [0.717, 1.165) is 45.4 Å². The Morgan fingerprint density at radius 2 is 1.25 bits per heavy atom.